The van der Waals surface area contributed by atoms with Gasteiger partial charge in [-0.15, -0.1) is 23.4 Å². The summed E-state index contributed by atoms with van der Waals surface area (Å²) in [7, 11) is 0. The molecule has 0 heterocycles. The number of hydrogen-bond acceptors (Lipinski definition) is 2. The van der Waals surface area contributed by atoms with Crippen LogP contribution in [0.25, 0.3) is 0 Å². The van der Waals surface area contributed by atoms with Crippen molar-refractivity contribution in [2.24, 2.45) is 0 Å². The Morgan fingerprint density at radius 3 is 2.35 bits per heavy atom. The van der Waals surface area contributed by atoms with E-state index in [1.807, 2.05) is 30.3 Å². The largest absolute Gasteiger partial charge is 0.293 e. The first-order valence-corrected chi connectivity index (χ1v) is 7.69. The Labute approximate surface area is 127 Å². The normalized spacial score (nSPS) is 12.1. The number of ketones is 1. The van der Waals surface area contributed by atoms with Gasteiger partial charge in [-0.2, -0.15) is 0 Å². The summed E-state index contributed by atoms with van der Waals surface area (Å²) >= 11 is 7.29. The van der Waals surface area contributed by atoms with Gasteiger partial charge in [0.1, 0.15) is 5.82 Å². The highest BCUT2D eigenvalue weighted by Crippen LogP contribution is 2.28. The lowest BCUT2D eigenvalue weighted by atomic mass is 10.1. The fourth-order valence-electron chi connectivity index (χ4n) is 1.81. The van der Waals surface area contributed by atoms with Crippen molar-refractivity contribution < 1.29 is 9.18 Å². The van der Waals surface area contributed by atoms with E-state index >= 15 is 0 Å². The minimum Gasteiger partial charge on any atom is -0.293 e. The van der Waals surface area contributed by atoms with Crippen LogP contribution < -0.4 is 0 Å². The number of thioether (sulfide) groups is 1. The van der Waals surface area contributed by atoms with Crippen LogP contribution in [0.1, 0.15) is 16.8 Å². The predicted molar refractivity (Wildman–Crippen MR) is 82.2 cm³/mol. The van der Waals surface area contributed by atoms with Gasteiger partial charge in [-0.05, 0) is 42.8 Å². The zero-order valence-corrected chi connectivity index (χ0v) is 12.3. The Bertz CT molecular complexity index is 556. The van der Waals surface area contributed by atoms with Crippen molar-refractivity contribution in [1.82, 2.24) is 0 Å². The lowest BCUT2D eigenvalue weighted by molar-refractivity contribution is 0.0988. The predicted octanol–water partition coefficient (Wildman–Crippen LogP) is 4.80. The standard InChI is InChI=1S/C16H14ClFOS/c17-11-10-15(20-14-4-2-1-3-5-14)16(19)12-6-8-13(18)9-7-12/h1-9,15H,10-11H2. The molecule has 0 bridgehead atoms. The molecule has 0 aliphatic heterocycles. The lowest BCUT2D eigenvalue weighted by Gasteiger charge is -2.14. The Morgan fingerprint density at radius 1 is 1.10 bits per heavy atom. The summed E-state index contributed by atoms with van der Waals surface area (Å²) in [4.78, 5) is 13.5. The fraction of sp³-hybridized carbons (Fsp3) is 0.188. The van der Waals surface area contributed by atoms with E-state index in [1.54, 1.807) is 0 Å². The maximum Gasteiger partial charge on any atom is 0.176 e. The van der Waals surface area contributed by atoms with E-state index in [2.05, 4.69) is 0 Å². The molecule has 1 unspecified atom stereocenters. The van der Waals surface area contributed by atoms with Gasteiger partial charge >= 0.3 is 0 Å². The number of rotatable bonds is 6. The monoisotopic (exact) mass is 308 g/mol. The van der Waals surface area contributed by atoms with Gasteiger partial charge in [0.2, 0.25) is 0 Å². The Hall–Kier alpha value is -1.32. The maximum absolute atomic E-state index is 12.9. The first-order valence-electron chi connectivity index (χ1n) is 6.28. The van der Waals surface area contributed by atoms with E-state index in [9.17, 15) is 9.18 Å². The second kappa shape index (κ2) is 7.46. The Balaban J connectivity index is 2.15. The molecule has 0 N–H and O–H groups in total. The van der Waals surface area contributed by atoms with E-state index in [1.165, 1.54) is 36.0 Å². The molecule has 0 saturated heterocycles. The van der Waals surface area contributed by atoms with Crippen LogP contribution in [0.5, 0.6) is 0 Å². The third-order valence-electron chi connectivity index (χ3n) is 2.81. The number of halogens is 2. The second-order valence-electron chi connectivity index (χ2n) is 4.27. The number of hydrogen-bond donors (Lipinski definition) is 0. The molecular formula is C16H14ClFOS. The van der Waals surface area contributed by atoms with Crippen LogP contribution in [0.4, 0.5) is 4.39 Å². The van der Waals surface area contributed by atoms with Gasteiger partial charge in [-0.1, -0.05) is 18.2 Å². The zero-order chi connectivity index (χ0) is 14.4. The summed E-state index contributed by atoms with van der Waals surface area (Å²) < 4.78 is 12.9. The van der Waals surface area contributed by atoms with Crippen LogP contribution in [0.3, 0.4) is 0 Å². The van der Waals surface area contributed by atoms with E-state index in [-0.39, 0.29) is 16.9 Å². The molecule has 0 spiro atoms. The molecule has 0 aliphatic carbocycles. The maximum atomic E-state index is 12.9. The number of alkyl halides is 1. The first kappa shape index (κ1) is 15.1. The van der Waals surface area contributed by atoms with Gasteiger partial charge in [0.05, 0.1) is 5.25 Å². The molecule has 0 aliphatic rings. The molecule has 20 heavy (non-hydrogen) atoms. The van der Waals surface area contributed by atoms with Crippen molar-refractivity contribution in [3.63, 3.8) is 0 Å². The molecule has 0 fully saturated rings. The summed E-state index contributed by atoms with van der Waals surface area (Å²) in [6.45, 7) is 0. The van der Waals surface area contributed by atoms with Crippen molar-refractivity contribution in [3.8, 4) is 0 Å². The van der Waals surface area contributed by atoms with Crippen molar-refractivity contribution in [2.45, 2.75) is 16.6 Å². The van der Waals surface area contributed by atoms with Crippen molar-refractivity contribution in [2.75, 3.05) is 5.88 Å². The van der Waals surface area contributed by atoms with E-state index < -0.39 is 0 Å². The highest BCUT2D eigenvalue weighted by molar-refractivity contribution is 8.00. The zero-order valence-electron chi connectivity index (χ0n) is 10.8. The van der Waals surface area contributed by atoms with Gasteiger partial charge in [0.15, 0.2) is 5.78 Å². The van der Waals surface area contributed by atoms with Gasteiger partial charge in [0.25, 0.3) is 0 Å². The highest BCUT2D eigenvalue weighted by Gasteiger charge is 2.20. The SMILES string of the molecule is O=C(c1ccc(F)cc1)C(CCCl)Sc1ccccc1. The summed E-state index contributed by atoms with van der Waals surface area (Å²) in [6.07, 6.45) is 0.581. The van der Waals surface area contributed by atoms with Gasteiger partial charge in [-0.25, -0.2) is 4.39 Å². The van der Waals surface area contributed by atoms with Crippen LogP contribution in [0.15, 0.2) is 59.5 Å². The van der Waals surface area contributed by atoms with Crippen molar-refractivity contribution in [3.05, 3.63) is 66.0 Å². The summed E-state index contributed by atoms with van der Waals surface area (Å²) in [5, 5.41) is -0.250. The molecule has 0 amide bonds. The Kier molecular flexibility index (Phi) is 5.62. The van der Waals surface area contributed by atoms with Gasteiger partial charge < -0.3 is 0 Å². The minimum absolute atomic E-state index is 0.0143. The number of carbonyl (C=O) groups is 1. The highest BCUT2D eigenvalue weighted by atomic mass is 35.5. The molecule has 0 aromatic heterocycles. The van der Waals surface area contributed by atoms with Crippen molar-refractivity contribution >= 4 is 29.1 Å². The summed E-state index contributed by atoms with van der Waals surface area (Å²) in [6, 6.07) is 15.4. The first-order chi connectivity index (χ1) is 9.70. The molecule has 104 valence electrons. The van der Waals surface area contributed by atoms with E-state index in [4.69, 9.17) is 11.6 Å². The molecular weight excluding hydrogens is 295 g/mol. The molecule has 1 atom stereocenters. The Morgan fingerprint density at radius 2 is 1.75 bits per heavy atom. The molecule has 0 radical (unpaired) electrons. The third-order valence-corrected chi connectivity index (χ3v) is 4.31. The number of carbonyl (C=O) groups excluding carboxylic acids is 1. The van der Waals surface area contributed by atoms with Crippen LogP contribution in [-0.2, 0) is 0 Å². The fourth-order valence-corrected chi connectivity index (χ4v) is 3.28. The average Bonchev–Trinajstić information content (AvgIpc) is 2.48. The van der Waals surface area contributed by atoms with Gasteiger partial charge in [0, 0.05) is 16.3 Å². The quantitative estimate of drug-likeness (QED) is 0.433. The topological polar surface area (TPSA) is 17.1 Å². The summed E-state index contributed by atoms with van der Waals surface area (Å²) in [5.74, 6) is 0.0583. The van der Waals surface area contributed by atoms with E-state index in [0.717, 1.165) is 4.90 Å². The molecule has 2 aromatic carbocycles. The molecule has 2 aromatic rings. The van der Waals surface area contributed by atoms with Crippen LogP contribution in [0, 0.1) is 5.82 Å². The third kappa shape index (κ3) is 4.09. The number of Topliss-reactive ketones (excluding diaryl/α,β-unsaturated/α-hetero) is 1. The van der Waals surface area contributed by atoms with Crippen molar-refractivity contribution in [1.29, 1.82) is 0 Å². The number of benzene rings is 2. The van der Waals surface area contributed by atoms with Gasteiger partial charge in [-0.3, -0.25) is 4.79 Å². The van der Waals surface area contributed by atoms with Crippen LogP contribution >= 0.6 is 23.4 Å². The summed E-state index contributed by atoms with van der Waals surface area (Å²) in [5.41, 5.74) is 0.518. The molecule has 0 saturated carbocycles. The molecule has 4 heteroatoms. The van der Waals surface area contributed by atoms with Crippen LogP contribution in [-0.4, -0.2) is 16.9 Å². The van der Waals surface area contributed by atoms with Crippen LogP contribution in [0.2, 0.25) is 0 Å². The molecule has 1 nitrogen and oxygen atoms in total. The average molecular weight is 309 g/mol. The smallest absolute Gasteiger partial charge is 0.176 e. The lowest BCUT2D eigenvalue weighted by Crippen LogP contribution is -2.18. The minimum atomic E-state index is -0.342. The second-order valence-corrected chi connectivity index (χ2v) is 5.92. The molecule has 2 rings (SSSR count). The van der Waals surface area contributed by atoms with E-state index in [0.29, 0.717) is 17.9 Å².